The van der Waals surface area contributed by atoms with Gasteiger partial charge < -0.3 is 20.3 Å². The molecule has 0 atom stereocenters. The van der Waals surface area contributed by atoms with Gasteiger partial charge in [0.1, 0.15) is 5.82 Å². The van der Waals surface area contributed by atoms with E-state index >= 15 is 0 Å². The number of carboxylic acid groups (broad SMARTS) is 1. The first-order valence-electron chi connectivity index (χ1n) is 10.0. The number of nitrogens with one attached hydrogen (secondary N) is 1. The van der Waals surface area contributed by atoms with Gasteiger partial charge in [-0.2, -0.15) is 0 Å². The second-order valence-electron chi connectivity index (χ2n) is 7.81. The third-order valence-corrected chi connectivity index (χ3v) is 5.41. The Bertz CT molecular complexity index is 858. The van der Waals surface area contributed by atoms with Crippen LogP contribution in [0.4, 0.5) is 4.39 Å². The molecule has 7 heteroatoms. The molecule has 1 fully saturated rings. The lowest BCUT2D eigenvalue weighted by molar-refractivity contribution is -0.136. The molecule has 0 aliphatic heterocycles. The van der Waals surface area contributed by atoms with Gasteiger partial charge in [-0.25, -0.2) is 4.39 Å². The summed E-state index contributed by atoms with van der Waals surface area (Å²) in [7, 11) is 0. The first-order valence-corrected chi connectivity index (χ1v) is 10.0. The number of amides is 1. The van der Waals surface area contributed by atoms with E-state index in [1.165, 1.54) is 12.1 Å². The highest BCUT2D eigenvalue weighted by molar-refractivity contribution is 5.94. The standard InChI is InChI=1S/C23H26FNO5/c24-19-7-3-17(4-8-19)14-30-20-9-11-23(29,12-10-20)15-25-22(28)18-5-1-16(2-6-18)13-21(26)27/h1-8,20,29H,9-15H2,(H,25,28)(H,26,27). The average molecular weight is 415 g/mol. The fourth-order valence-corrected chi connectivity index (χ4v) is 3.56. The van der Waals surface area contributed by atoms with Crippen molar-refractivity contribution in [1.29, 1.82) is 0 Å². The van der Waals surface area contributed by atoms with Gasteiger partial charge in [0.2, 0.25) is 0 Å². The van der Waals surface area contributed by atoms with Gasteiger partial charge in [0.25, 0.3) is 5.91 Å². The fraction of sp³-hybridized carbons (Fsp3) is 0.391. The Morgan fingerprint density at radius 3 is 2.23 bits per heavy atom. The van der Waals surface area contributed by atoms with E-state index in [0.29, 0.717) is 43.4 Å². The van der Waals surface area contributed by atoms with Crippen molar-refractivity contribution >= 4 is 11.9 Å². The first kappa shape index (κ1) is 21.9. The minimum absolute atomic E-state index is 0.0211. The molecule has 0 spiro atoms. The summed E-state index contributed by atoms with van der Waals surface area (Å²) in [6.07, 6.45) is 2.31. The van der Waals surface area contributed by atoms with Crippen LogP contribution in [0.2, 0.25) is 0 Å². The van der Waals surface area contributed by atoms with Crippen molar-refractivity contribution in [2.24, 2.45) is 0 Å². The molecular formula is C23H26FNO5. The Labute approximate surface area is 174 Å². The molecule has 0 radical (unpaired) electrons. The third kappa shape index (κ3) is 6.37. The summed E-state index contributed by atoms with van der Waals surface area (Å²) in [4.78, 5) is 23.0. The van der Waals surface area contributed by atoms with Gasteiger partial charge in [-0.1, -0.05) is 24.3 Å². The van der Waals surface area contributed by atoms with Gasteiger partial charge >= 0.3 is 5.97 Å². The molecule has 2 aromatic rings. The molecule has 2 aromatic carbocycles. The molecule has 160 valence electrons. The predicted molar refractivity (Wildman–Crippen MR) is 109 cm³/mol. The quantitative estimate of drug-likeness (QED) is 0.616. The summed E-state index contributed by atoms with van der Waals surface area (Å²) in [6.45, 7) is 0.547. The summed E-state index contributed by atoms with van der Waals surface area (Å²) in [5.41, 5.74) is 0.967. The van der Waals surface area contributed by atoms with Crippen molar-refractivity contribution in [3.05, 3.63) is 71.0 Å². The van der Waals surface area contributed by atoms with Crippen molar-refractivity contribution in [3.63, 3.8) is 0 Å². The maximum Gasteiger partial charge on any atom is 0.307 e. The van der Waals surface area contributed by atoms with E-state index in [-0.39, 0.29) is 30.8 Å². The molecule has 3 N–H and O–H groups in total. The highest BCUT2D eigenvalue weighted by atomic mass is 19.1. The van der Waals surface area contributed by atoms with Gasteiger partial charge in [-0.15, -0.1) is 0 Å². The number of carboxylic acids is 1. The smallest absolute Gasteiger partial charge is 0.307 e. The molecule has 3 rings (SSSR count). The zero-order valence-electron chi connectivity index (χ0n) is 16.6. The molecule has 1 amide bonds. The molecule has 30 heavy (non-hydrogen) atoms. The SMILES string of the molecule is O=C(O)Cc1ccc(C(=O)NCC2(O)CCC(OCc3ccc(F)cc3)CC2)cc1. The monoisotopic (exact) mass is 415 g/mol. The van der Waals surface area contributed by atoms with Gasteiger partial charge in [0.05, 0.1) is 24.7 Å². The third-order valence-electron chi connectivity index (χ3n) is 5.41. The highest BCUT2D eigenvalue weighted by Crippen LogP contribution is 2.30. The molecular weight excluding hydrogens is 389 g/mol. The van der Waals surface area contributed by atoms with E-state index in [2.05, 4.69) is 5.32 Å². The normalized spacial score (nSPS) is 21.2. The Balaban J connectivity index is 1.42. The van der Waals surface area contributed by atoms with Crippen molar-refractivity contribution in [1.82, 2.24) is 5.32 Å². The van der Waals surface area contributed by atoms with Crippen LogP contribution in [0.15, 0.2) is 48.5 Å². The zero-order chi connectivity index (χ0) is 21.6. The summed E-state index contributed by atoms with van der Waals surface area (Å²) in [6, 6.07) is 12.6. The Hall–Kier alpha value is -2.77. The maximum atomic E-state index is 12.9. The Kier molecular flexibility index (Phi) is 7.18. The van der Waals surface area contributed by atoms with E-state index in [1.807, 2.05) is 0 Å². The van der Waals surface area contributed by atoms with E-state index in [1.54, 1.807) is 36.4 Å². The number of benzene rings is 2. The number of ether oxygens (including phenoxy) is 1. The summed E-state index contributed by atoms with van der Waals surface area (Å²) < 4.78 is 18.8. The zero-order valence-corrected chi connectivity index (χ0v) is 16.6. The summed E-state index contributed by atoms with van der Waals surface area (Å²) in [5, 5.41) is 22.3. The molecule has 1 aliphatic rings. The number of aliphatic hydroxyl groups is 1. The number of carbonyl (C=O) groups is 2. The molecule has 0 heterocycles. The van der Waals surface area contributed by atoms with E-state index in [9.17, 15) is 19.1 Å². The predicted octanol–water partition coefficient (Wildman–Crippen LogP) is 3.07. The van der Waals surface area contributed by atoms with Crippen molar-refractivity contribution in [2.45, 2.75) is 50.4 Å². The molecule has 0 aromatic heterocycles. The van der Waals surface area contributed by atoms with Crippen LogP contribution in [0.3, 0.4) is 0 Å². The fourth-order valence-electron chi connectivity index (χ4n) is 3.56. The number of carbonyl (C=O) groups excluding carboxylic acids is 1. The molecule has 1 saturated carbocycles. The highest BCUT2D eigenvalue weighted by Gasteiger charge is 2.34. The van der Waals surface area contributed by atoms with E-state index < -0.39 is 11.6 Å². The lowest BCUT2D eigenvalue weighted by Crippen LogP contribution is -2.46. The number of aliphatic carboxylic acids is 1. The van der Waals surface area contributed by atoms with Gasteiger partial charge in [0, 0.05) is 12.1 Å². The molecule has 0 bridgehead atoms. The minimum Gasteiger partial charge on any atom is -0.481 e. The number of hydrogen-bond donors (Lipinski definition) is 3. The van der Waals surface area contributed by atoms with Crippen LogP contribution in [0, 0.1) is 5.82 Å². The number of hydrogen-bond acceptors (Lipinski definition) is 4. The van der Waals surface area contributed by atoms with Crippen molar-refractivity contribution < 1.29 is 28.9 Å². The maximum absolute atomic E-state index is 12.9. The average Bonchev–Trinajstić information content (AvgIpc) is 2.73. The second kappa shape index (κ2) is 9.82. The van der Waals surface area contributed by atoms with Crippen LogP contribution < -0.4 is 5.32 Å². The summed E-state index contributed by atoms with van der Waals surface area (Å²) in [5.74, 6) is -1.51. The molecule has 0 unspecified atom stereocenters. The minimum atomic E-state index is -0.978. The Morgan fingerprint density at radius 2 is 1.63 bits per heavy atom. The van der Waals surface area contributed by atoms with E-state index in [4.69, 9.17) is 9.84 Å². The van der Waals surface area contributed by atoms with Crippen LogP contribution in [0.5, 0.6) is 0 Å². The van der Waals surface area contributed by atoms with Crippen LogP contribution in [0.1, 0.15) is 47.2 Å². The largest absolute Gasteiger partial charge is 0.481 e. The topological polar surface area (TPSA) is 95.9 Å². The van der Waals surface area contributed by atoms with Crippen LogP contribution in [-0.2, 0) is 22.6 Å². The Morgan fingerprint density at radius 1 is 1.03 bits per heavy atom. The van der Waals surface area contributed by atoms with Gasteiger partial charge in [-0.05, 0) is 61.1 Å². The van der Waals surface area contributed by atoms with Crippen LogP contribution >= 0.6 is 0 Å². The van der Waals surface area contributed by atoms with Gasteiger partial charge in [-0.3, -0.25) is 9.59 Å². The lowest BCUT2D eigenvalue weighted by Gasteiger charge is -2.36. The van der Waals surface area contributed by atoms with Crippen LogP contribution in [-0.4, -0.2) is 40.3 Å². The van der Waals surface area contributed by atoms with E-state index in [0.717, 1.165) is 5.56 Å². The lowest BCUT2D eigenvalue weighted by atomic mass is 9.83. The molecule has 6 nitrogen and oxygen atoms in total. The number of halogens is 1. The van der Waals surface area contributed by atoms with Crippen molar-refractivity contribution in [3.8, 4) is 0 Å². The van der Waals surface area contributed by atoms with Crippen LogP contribution in [0.25, 0.3) is 0 Å². The van der Waals surface area contributed by atoms with Crippen molar-refractivity contribution in [2.75, 3.05) is 6.54 Å². The summed E-state index contributed by atoms with van der Waals surface area (Å²) >= 11 is 0. The number of rotatable bonds is 8. The second-order valence-corrected chi connectivity index (χ2v) is 7.81. The molecule has 1 aliphatic carbocycles. The molecule has 0 saturated heterocycles. The van der Waals surface area contributed by atoms with Gasteiger partial charge in [0.15, 0.2) is 0 Å². The first-order chi connectivity index (χ1) is 14.3.